The van der Waals surface area contributed by atoms with E-state index in [4.69, 9.17) is 5.73 Å². The predicted octanol–water partition coefficient (Wildman–Crippen LogP) is 2.22. The lowest BCUT2D eigenvalue weighted by molar-refractivity contribution is 0.444. The molecule has 1 saturated heterocycles. The van der Waals surface area contributed by atoms with Crippen LogP contribution in [0.1, 0.15) is 31.7 Å². The van der Waals surface area contributed by atoms with Gasteiger partial charge in [0.15, 0.2) is 0 Å². The number of rotatable bonds is 5. The molecule has 1 fully saturated rings. The van der Waals surface area contributed by atoms with Crippen LogP contribution in [-0.4, -0.2) is 25.8 Å². The summed E-state index contributed by atoms with van der Waals surface area (Å²) in [5, 5.41) is 0. The van der Waals surface area contributed by atoms with E-state index in [1.54, 1.807) is 28.6 Å². The molecule has 1 aliphatic heterocycles. The van der Waals surface area contributed by atoms with Crippen LogP contribution in [0.5, 0.6) is 0 Å². The number of anilines is 1. The number of benzene rings is 1. The Morgan fingerprint density at radius 3 is 2.63 bits per heavy atom. The lowest BCUT2D eigenvalue weighted by atomic mass is 10.0. The second kappa shape index (κ2) is 5.92. The topological polar surface area (TPSA) is 63.4 Å². The molecule has 0 spiro atoms. The van der Waals surface area contributed by atoms with Crippen molar-refractivity contribution in [2.75, 3.05) is 18.8 Å². The zero-order valence-electron chi connectivity index (χ0n) is 11.4. The van der Waals surface area contributed by atoms with E-state index in [1.165, 1.54) is 0 Å². The Hall–Kier alpha value is -1.07. The summed E-state index contributed by atoms with van der Waals surface area (Å²) in [5.41, 5.74) is 7.06. The van der Waals surface area contributed by atoms with Gasteiger partial charge in [0.1, 0.15) is 0 Å². The predicted molar refractivity (Wildman–Crippen MR) is 78.1 cm³/mol. The van der Waals surface area contributed by atoms with Gasteiger partial charge in [-0.2, -0.15) is 0 Å². The molecular weight excluding hydrogens is 260 g/mol. The zero-order valence-corrected chi connectivity index (χ0v) is 12.2. The van der Waals surface area contributed by atoms with Crippen LogP contribution in [0.15, 0.2) is 24.3 Å². The highest BCUT2D eigenvalue weighted by Crippen LogP contribution is 2.25. The minimum Gasteiger partial charge on any atom is -0.399 e. The van der Waals surface area contributed by atoms with E-state index < -0.39 is 10.0 Å². The third-order valence-electron chi connectivity index (χ3n) is 3.67. The Morgan fingerprint density at radius 1 is 1.32 bits per heavy atom. The highest BCUT2D eigenvalue weighted by Gasteiger charge is 2.30. The maximum absolute atomic E-state index is 12.3. The van der Waals surface area contributed by atoms with Crippen LogP contribution in [-0.2, 0) is 15.8 Å². The normalized spacial score (nSPS) is 20.8. The van der Waals surface area contributed by atoms with E-state index in [2.05, 4.69) is 6.92 Å². The molecule has 1 aromatic carbocycles. The SMILES string of the molecule is CCCC1CCN(S(=O)(=O)Cc2ccc(N)cc2)C1. The lowest BCUT2D eigenvalue weighted by Gasteiger charge is -2.16. The minimum absolute atomic E-state index is 0.0755. The molecule has 1 aliphatic rings. The molecule has 0 radical (unpaired) electrons. The second-order valence-electron chi connectivity index (χ2n) is 5.30. The first kappa shape index (κ1) is 14.3. The third kappa shape index (κ3) is 3.70. The van der Waals surface area contributed by atoms with E-state index >= 15 is 0 Å². The van der Waals surface area contributed by atoms with Crippen LogP contribution >= 0.6 is 0 Å². The fourth-order valence-electron chi connectivity index (χ4n) is 2.61. The molecule has 0 amide bonds. The Labute approximate surface area is 115 Å². The van der Waals surface area contributed by atoms with Crippen LogP contribution in [0, 0.1) is 5.92 Å². The summed E-state index contributed by atoms with van der Waals surface area (Å²) in [4.78, 5) is 0. The number of nitrogen functional groups attached to an aromatic ring is 1. The van der Waals surface area contributed by atoms with E-state index in [-0.39, 0.29) is 5.75 Å². The smallest absolute Gasteiger partial charge is 0.218 e. The summed E-state index contributed by atoms with van der Waals surface area (Å²) in [7, 11) is -3.18. The van der Waals surface area contributed by atoms with Crippen molar-refractivity contribution < 1.29 is 8.42 Å². The van der Waals surface area contributed by atoms with Crippen molar-refractivity contribution in [3.05, 3.63) is 29.8 Å². The molecule has 0 bridgehead atoms. The Kier molecular flexibility index (Phi) is 4.47. The van der Waals surface area contributed by atoms with E-state index in [0.29, 0.717) is 24.7 Å². The van der Waals surface area contributed by atoms with Gasteiger partial charge in [-0.1, -0.05) is 25.5 Å². The average molecular weight is 282 g/mol. The van der Waals surface area contributed by atoms with Gasteiger partial charge in [0, 0.05) is 18.8 Å². The standard InChI is InChI=1S/C14H22N2O2S/c1-2-3-12-8-9-16(10-12)19(17,18)11-13-4-6-14(15)7-5-13/h4-7,12H,2-3,8-11,15H2,1H3. The maximum Gasteiger partial charge on any atom is 0.218 e. The number of nitrogens with two attached hydrogens (primary N) is 1. The summed E-state index contributed by atoms with van der Waals surface area (Å²) in [6.07, 6.45) is 3.24. The van der Waals surface area contributed by atoms with Gasteiger partial charge in [0.25, 0.3) is 0 Å². The molecule has 2 rings (SSSR count). The van der Waals surface area contributed by atoms with E-state index in [0.717, 1.165) is 24.8 Å². The first-order valence-corrected chi connectivity index (χ1v) is 8.44. The van der Waals surface area contributed by atoms with Crippen LogP contribution in [0.25, 0.3) is 0 Å². The lowest BCUT2D eigenvalue weighted by Crippen LogP contribution is -2.30. The monoisotopic (exact) mass is 282 g/mol. The van der Waals surface area contributed by atoms with Gasteiger partial charge in [-0.25, -0.2) is 12.7 Å². The van der Waals surface area contributed by atoms with Crippen molar-refractivity contribution in [3.63, 3.8) is 0 Å². The maximum atomic E-state index is 12.3. The van der Waals surface area contributed by atoms with Crippen molar-refractivity contribution >= 4 is 15.7 Å². The molecule has 19 heavy (non-hydrogen) atoms. The minimum atomic E-state index is -3.18. The number of hydrogen-bond acceptors (Lipinski definition) is 3. The van der Waals surface area contributed by atoms with Gasteiger partial charge in [-0.15, -0.1) is 0 Å². The first-order chi connectivity index (χ1) is 9.01. The van der Waals surface area contributed by atoms with Crippen LogP contribution in [0.4, 0.5) is 5.69 Å². The average Bonchev–Trinajstić information content (AvgIpc) is 2.82. The summed E-state index contributed by atoms with van der Waals surface area (Å²) in [5.74, 6) is 0.609. The third-order valence-corrected chi connectivity index (χ3v) is 5.48. The van der Waals surface area contributed by atoms with Gasteiger partial charge >= 0.3 is 0 Å². The zero-order chi connectivity index (χ0) is 13.9. The molecular formula is C14H22N2O2S. The first-order valence-electron chi connectivity index (χ1n) is 6.83. The van der Waals surface area contributed by atoms with Gasteiger partial charge in [-0.3, -0.25) is 0 Å². The van der Waals surface area contributed by atoms with Crippen molar-refractivity contribution in [1.29, 1.82) is 0 Å². The Balaban J connectivity index is 2.01. The molecule has 4 nitrogen and oxygen atoms in total. The van der Waals surface area contributed by atoms with Gasteiger partial charge < -0.3 is 5.73 Å². The molecule has 106 valence electrons. The number of hydrogen-bond donors (Lipinski definition) is 1. The van der Waals surface area contributed by atoms with E-state index in [1.807, 2.05) is 0 Å². The molecule has 5 heteroatoms. The molecule has 1 unspecified atom stereocenters. The second-order valence-corrected chi connectivity index (χ2v) is 7.27. The molecule has 2 N–H and O–H groups in total. The molecule has 1 aromatic rings. The fraction of sp³-hybridized carbons (Fsp3) is 0.571. The van der Waals surface area contributed by atoms with Crippen molar-refractivity contribution in [3.8, 4) is 0 Å². The Morgan fingerprint density at radius 2 is 2.00 bits per heavy atom. The van der Waals surface area contributed by atoms with Crippen molar-refractivity contribution in [1.82, 2.24) is 4.31 Å². The Bertz CT molecular complexity index is 511. The van der Waals surface area contributed by atoms with Gasteiger partial charge in [-0.05, 0) is 36.5 Å². The van der Waals surface area contributed by atoms with Gasteiger partial charge in [0.2, 0.25) is 10.0 Å². The molecule has 1 atom stereocenters. The molecule has 0 aliphatic carbocycles. The molecule has 0 saturated carbocycles. The van der Waals surface area contributed by atoms with Crippen LogP contribution in [0.3, 0.4) is 0 Å². The van der Waals surface area contributed by atoms with Crippen molar-refractivity contribution in [2.45, 2.75) is 31.9 Å². The van der Waals surface area contributed by atoms with Crippen molar-refractivity contribution in [2.24, 2.45) is 5.92 Å². The van der Waals surface area contributed by atoms with Gasteiger partial charge in [0.05, 0.1) is 5.75 Å². The van der Waals surface area contributed by atoms with E-state index in [9.17, 15) is 8.42 Å². The summed E-state index contributed by atoms with van der Waals surface area (Å²) in [6.45, 7) is 3.50. The number of sulfonamides is 1. The highest BCUT2D eigenvalue weighted by atomic mass is 32.2. The molecule has 0 aromatic heterocycles. The van der Waals surface area contributed by atoms with Crippen LogP contribution in [0.2, 0.25) is 0 Å². The summed E-state index contributed by atoms with van der Waals surface area (Å²) in [6, 6.07) is 7.06. The van der Waals surface area contributed by atoms with Crippen LogP contribution < -0.4 is 5.73 Å². The number of nitrogens with zero attached hydrogens (tertiary/aromatic N) is 1. The highest BCUT2D eigenvalue weighted by molar-refractivity contribution is 7.88. The summed E-state index contributed by atoms with van der Waals surface area (Å²) < 4.78 is 26.3. The fourth-order valence-corrected chi connectivity index (χ4v) is 4.23. The quantitative estimate of drug-likeness (QED) is 0.842. The summed E-state index contributed by atoms with van der Waals surface area (Å²) >= 11 is 0. The largest absolute Gasteiger partial charge is 0.399 e. The molecule has 1 heterocycles.